The van der Waals surface area contributed by atoms with E-state index in [2.05, 4.69) is 20.5 Å². The van der Waals surface area contributed by atoms with Crippen molar-refractivity contribution in [2.24, 2.45) is 0 Å². The number of carbonyl (C=O) groups excluding carboxylic acids is 2. The lowest BCUT2D eigenvalue weighted by Crippen LogP contribution is -2.43. The highest BCUT2D eigenvalue weighted by Crippen LogP contribution is 2.21. The zero-order chi connectivity index (χ0) is 20.5. The molecule has 0 unspecified atom stereocenters. The van der Waals surface area contributed by atoms with Crippen LogP contribution in [-0.2, 0) is 9.53 Å². The first-order valence-corrected chi connectivity index (χ1v) is 10.1. The molecule has 7 nitrogen and oxygen atoms in total. The Labute approximate surface area is 171 Å². The molecule has 1 aliphatic rings. The number of hydrogen-bond donors (Lipinski definition) is 2. The maximum Gasteiger partial charge on any atom is 0.251 e. The summed E-state index contributed by atoms with van der Waals surface area (Å²) in [6.07, 6.45) is 4.83. The Hall–Kier alpha value is -2.77. The number of anilines is 1. The van der Waals surface area contributed by atoms with E-state index in [1.165, 1.54) is 0 Å². The van der Waals surface area contributed by atoms with Crippen LogP contribution >= 0.6 is 0 Å². The van der Waals surface area contributed by atoms with Gasteiger partial charge in [-0.25, -0.2) is 0 Å². The molecule has 0 spiro atoms. The van der Waals surface area contributed by atoms with E-state index in [-0.39, 0.29) is 17.9 Å². The van der Waals surface area contributed by atoms with Gasteiger partial charge in [0.15, 0.2) is 0 Å². The normalized spacial score (nSPS) is 15.5. The summed E-state index contributed by atoms with van der Waals surface area (Å²) < 4.78 is 5.46. The molecular weight excluding hydrogens is 368 g/mol. The number of pyridine rings is 1. The third kappa shape index (κ3) is 6.10. The minimum atomic E-state index is -0.168. The highest BCUT2D eigenvalue weighted by molar-refractivity contribution is 5.97. The lowest BCUT2D eigenvalue weighted by molar-refractivity contribution is -0.116. The van der Waals surface area contributed by atoms with Crippen LogP contribution in [0.5, 0.6) is 0 Å². The first kappa shape index (κ1) is 21.0. The lowest BCUT2D eigenvalue weighted by Gasteiger charge is -2.34. The van der Waals surface area contributed by atoms with Crippen molar-refractivity contribution in [3.63, 3.8) is 0 Å². The van der Waals surface area contributed by atoms with Crippen LogP contribution in [0.1, 0.15) is 41.7 Å². The Bertz CT molecular complexity index is 807. The molecule has 1 aliphatic heterocycles. The number of morpholine rings is 1. The van der Waals surface area contributed by atoms with Crippen LogP contribution in [0.15, 0.2) is 48.8 Å². The second-order valence-corrected chi connectivity index (χ2v) is 7.04. The molecule has 2 heterocycles. The molecule has 0 aliphatic carbocycles. The van der Waals surface area contributed by atoms with Gasteiger partial charge in [0.05, 0.1) is 19.3 Å². The first-order chi connectivity index (χ1) is 14.2. The van der Waals surface area contributed by atoms with Gasteiger partial charge in [0, 0.05) is 49.7 Å². The number of rotatable bonds is 8. The fraction of sp³-hybridized carbons (Fsp3) is 0.409. The topological polar surface area (TPSA) is 83.6 Å². The Morgan fingerprint density at radius 1 is 1.21 bits per heavy atom. The molecule has 7 heteroatoms. The summed E-state index contributed by atoms with van der Waals surface area (Å²) in [5.74, 6) is -0.215. The SMILES string of the molecule is CCCC(=O)Nc1cccc(C(=O)NC[C@H](c2cccnc2)N2CCOCC2)c1. The number of nitrogens with one attached hydrogen (secondary N) is 2. The van der Waals surface area contributed by atoms with E-state index in [0.29, 0.717) is 37.4 Å². The van der Waals surface area contributed by atoms with E-state index >= 15 is 0 Å². The summed E-state index contributed by atoms with van der Waals surface area (Å²) in [5.41, 5.74) is 2.22. The van der Waals surface area contributed by atoms with Crippen LogP contribution in [0.25, 0.3) is 0 Å². The monoisotopic (exact) mass is 396 g/mol. The van der Waals surface area contributed by atoms with Crippen LogP contribution in [0, 0.1) is 0 Å². The lowest BCUT2D eigenvalue weighted by atomic mass is 10.1. The van der Waals surface area contributed by atoms with Gasteiger partial charge in [0.1, 0.15) is 0 Å². The summed E-state index contributed by atoms with van der Waals surface area (Å²) in [7, 11) is 0. The van der Waals surface area contributed by atoms with Crippen LogP contribution < -0.4 is 10.6 Å². The van der Waals surface area contributed by atoms with Crippen LogP contribution in [-0.4, -0.2) is 54.5 Å². The van der Waals surface area contributed by atoms with E-state index < -0.39 is 0 Å². The first-order valence-electron chi connectivity index (χ1n) is 10.1. The van der Waals surface area contributed by atoms with Gasteiger partial charge in [-0.2, -0.15) is 0 Å². The van der Waals surface area contributed by atoms with Gasteiger partial charge in [-0.05, 0) is 36.2 Å². The summed E-state index contributed by atoms with van der Waals surface area (Å²) in [4.78, 5) is 31.1. The van der Waals surface area contributed by atoms with Crippen molar-refractivity contribution in [3.05, 3.63) is 59.9 Å². The molecule has 154 valence electrons. The molecule has 3 rings (SSSR count). The minimum Gasteiger partial charge on any atom is -0.379 e. The molecule has 1 aromatic carbocycles. The standard InChI is InChI=1S/C22H28N4O3/c1-2-5-21(27)25-19-8-3-6-17(14-19)22(28)24-16-20(18-7-4-9-23-15-18)26-10-12-29-13-11-26/h3-4,6-9,14-15,20H,2,5,10-13,16H2,1H3,(H,24,28)(H,25,27)/t20-/m1/s1. The Balaban J connectivity index is 1.66. The van der Waals surface area contributed by atoms with Crippen LogP contribution in [0.3, 0.4) is 0 Å². The number of hydrogen-bond acceptors (Lipinski definition) is 5. The molecule has 1 aromatic heterocycles. The van der Waals surface area contributed by atoms with Crippen molar-refractivity contribution >= 4 is 17.5 Å². The van der Waals surface area contributed by atoms with Gasteiger partial charge < -0.3 is 15.4 Å². The van der Waals surface area contributed by atoms with Crippen LogP contribution in [0.4, 0.5) is 5.69 Å². The predicted molar refractivity (Wildman–Crippen MR) is 112 cm³/mol. The molecule has 29 heavy (non-hydrogen) atoms. The number of benzene rings is 1. The number of nitrogens with zero attached hydrogens (tertiary/aromatic N) is 2. The quantitative estimate of drug-likeness (QED) is 0.717. The Kier molecular flexibility index (Phi) is 7.72. The molecular formula is C22H28N4O3. The van der Waals surface area contributed by atoms with Crippen molar-refractivity contribution in [1.29, 1.82) is 0 Å². The molecule has 2 amide bonds. The van der Waals surface area contributed by atoms with Gasteiger partial charge in [-0.15, -0.1) is 0 Å². The van der Waals surface area contributed by atoms with Gasteiger partial charge >= 0.3 is 0 Å². The molecule has 0 saturated carbocycles. The summed E-state index contributed by atoms with van der Waals surface area (Å²) in [5, 5.41) is 5.87. The zero-order valence-corrected chi connectivity index (χ0v) is 16.8. The average molecular weight is 396 g/mol. The summed E-state index contributed by atoms with van der Waals surface area (Å²) >= 11 is 0. The average Bonchev–Trinajstić information content (AvgIpc) is 2.75. The maximum absolute atomic E-state index is 12.7. The van der Waals surface area contributed by atoms with Crippen molar-refractivity contribution < 1.29 is 14.3 Å². The largest absolute Gasteiger partial charge is 0.379 e. The summed E-state index contributed by atoms with van der Waals surface area (Å²) in [6.45, 7) is 5.42. The molecule has 2 N–H and O–H groups in total. The van der Waals surface area contributed by atoms with Crippen molar-refractivity contribution in [3.8, 4) is 0 Å². The van der Waals surface area contributed by atoms with E-state index in [1.807, 2.05) is 25.3 Å². The molecule has 0 radical (unpaired) electrons. The summed E-state index contributed by atoms with van der Waals surface area (Å²) in [6, 6.07) is 11.0. The van der Waals surface area contributed by atoms with E-state index in [1.54, 1.807) is 30.5 Å². The van der Waals surface area contributed by atoms with Gasteiger partial charge in [-0.3, -0.25) is 19.5 Å². The highest BCUT2D eigenvalue weighted by atomic mass is 16.5. The van der Waals surface area contributed by atoms with Crippen molar-refractivity contribution in [1.82, 2.24) is 15.2 Å². The van der Waals surface area contributed by atoms with Crippen molar-refractivity contribution in [2.45, 2.75) is 25.8 Å². The third-order valence-corrected chi connectivity index (χ3v) is 4.90. The second kappa shape index (κ2) is 10.7. The number of ether oxygens (including phenoxy) is 1. The second-order valence-electron chi connectivity index (χ2n) is 7.04. The highest BCUT2D eigenvalue weighted by Gasteiger charge is 2.23. The van der Waals surface area contributed by atoms with Gasteiger partial charge in [0.25, 0.3) is 5.91 Å². The fourth-order valence-electron chi connectivity index (χ4n) is 3.40. The van der Waals surface area contributed by atoms with Crippen LogP contribution in [0.2, 0.25) is 0 Å². The molecule has 1 atom stereocenters. The Morgan fingerprint density at radius 3 is 2.76 bits per heavy atom. The third-order valence-electron chi connectivity index (χ3n) is 4.90. The van der Waals surface area contributed by atoms with Gasteiger partial charge in [0.2, 0.25) is 5.91 Å². The zero-order valence-electron chi connectivity index (χ0n) is 16.8. The number of carbonyl (C=O) groups is 2. The number of aromatic nitrogens is 1. The maximum atomic E-state index is 12.7. The van der Waals surface area contributed by atoms with E-state index in [0.717, 1.165) is 25.1 Å². The molecule has 1 saturated heterocycles. The Morgan fingerprint density at radius 2 is 2.03 bits per heavy atom. The van der Waals surface area contributed by atoms with Crippen molar-refractivity contribution in [2.75, 3.05) is 38.2 Å². The molecule has 2 aromatic rings. The minimum absolute atomic E-state index is 0.0315. The fourth-order valence-corrected chi connectivity index (χ4v) is 3.40. The predicted octanol–water partition coefficient (Wildman–Crippen LogP) is 2.62. The van der Waals surface area contributed by atoms with E-state index in [9.17, 15) is 9.59 Å². The molecule has 1 fully saturated rings. The molecule has 0 bridgehead atoms. The smallest absolute Gasteiger partial charge is 0.251 e. The van der Waals surface area contributed by atoms with Gasteiger partial charge in [-0.1, -0.05) is 19.1 Å². The van der Waals surface area contributed by atoms with E-state index in [4.69, 9.17) is 4.74 Å². The number of amides is 2.